The van der Waals surface area contributed by atoms with Gasteiger partial charge in [-0.1, -0.05) is 12.1 Å². The molecule has 0 bridgehead atoms. The molecule has 0 spiro atoms. The topological polar surface area (TPSA) is 35.5 Å². The van der Waals surface area contributed by atoms with Gasteiger partial charge in [0.15, 0.2) is 0 Å². The Kier molecular flexibility index (Phi) is 7.77. The lowest BCUT2D eigenvalue weighted by Crippen LogP contribution is -2.45. The minimum absolute atomic E-state index is 0. The normalized spacial score (nSPS) is 16.3. The highest BCUT2D eigenvalue weighted by atomic mass is 35.5. The van der Waals surface area contributed by atoms with Crippen LogP contribution in [0.3, 0.4) is 0 Å². The van der Waals surface area contributed by atoms with Gasteiger partial charge >= 0.3 is 0 Å². The lowest BCUT2D eigenvalue weighted by atomic mass is 9.98. The molecule has 1 atom stereocenters. The third-order valence-corrected chi connectivity index (χ3v) is 4.89. The van der Waals surface area contributed by atoms with Crippen molar-refractivity contribution in [3.63, 3.8) is 0 Å². The Hall–Kier alpha value is -0.850. The van der Waals surface area contributed by atoms with Crippen LogP contribution in [0.1, 0.15) is 22.0 Å². The van der Waals surface area contributed by atoms with E-state index in [1.54, 1.807) is 17.4 Å². The number of aromatic hydroxyl groups is 1. The SMILES string of the molecule is Cc1ccc(F)c([C@@H](c2cccs2)N2CCNCC2)c1O.Cl.Cl. The minimum Gasteiger partial charge on any atom is -0.507 e. The summed E-state index contributed by atoms with van der Waals surface area (Å²) in [6.07, 6.45) is 0. The predicted octanol–water partition coefficient (Wildman–Crippen LogP) is 3.74. The van der Waals surface area contributed by atoms with E-state index in [0.29, 0.717) is 11.1 Å². The van der Waals surface area contributed by atoms with Crippen LogP contribution in [0, 0.1) is 12.7 Å². The van der Waals surface area contributed by atoms with Gasteiger partial charge in [0.1, 0.15) is 11.6 Å². The van der Waals surface area contributed by atoms with Crippen molar-refractivity contribution in [1.82, 2.24) is 10.2 Å². The van der Waals surface area contributed by atoms with Crippen molar-refractivity contribution in [1.29, 1.82) is 0 Å². The van der Waals surface area contributed by atoms with Crippen LogP contribution in [0.5, 0.6) is 5.75 Å². The van der Waals surface area contributed by atoms with Gasteiger partial charge in [0, 0.05) is 31.1 Å². The van der Waals surface area contributed by atoms with Gasteiger partial charge < -0.3 is 10.4 Å². The third kappa shape index (κ3) is 4.17. The summed E-state index contributed by atoms with van der Waals surface area (Å²) in [5.41, 5.74) is 1.11. The fourth-order valence-electron chi connectivity index (χ4n) is 2.84. The van der Waals surface area contributed by atoms with Crippen LogP contribution in [-0.4, -0.2) is 36.2 Å². The highest BCUT2D eigenvalue weighted by Crippen LogP contribution is 2.39. The number of halogens is 3. The summed E-state index contributed by atoms with van der Waals surface area (Å²) in [7, 11) is 0. The smallest absolute Gasteiger partial charge is 0.132 e. The van der Waals surface area contributed by atoms with Crippen molar-refractivity contribution in [2.45, 2.75) is 13.0 Å². The number of hydrogen-bond acceptors (Lipinski definition) is 4. The number of phenolic OH excluding ortho intramolecular Hbond substituents is 1. The summed E-state index contributed by atoms with van der Waals surface area (Å²) in [5, 5.41) is 15.7. The molecule has 7 heteroatoms. The monoisotopic (exact) mass is 378 g/mol. The molecular weight excluding hydrogens is 358 g/mol. The summed E-state index contributed by atoms with van der Waals surface area (Å²) in [6.45, 7) is 5.26. The Bertz CT molecular complexity index is 619. The minimum atomic E-state index is -0.338. The first-order valence-corrected chi connectivity index (χ1v) is 8.02. The van der Waals surface area contributed by atoms with Crippen LogP contribution in [0.15, 0.2) is 29.6 Å². The highest BCUT2D eigenvalue weighted by molar-refractivity contribution is 7.10. The molecule has 0 unspecified atom stereocenters. The maximum Gasteiger partial charge on any atom is 0.132 e. The van der Waals surface area contributed by atoms with Crippen LogP contribution >= 0.6 is 36.2 Å². The molecule has 2 N–H and O–H groups in total. The van der Waals surface area contributed by atoms with E-state index < -0.39 is 0 Å². The molecule has 0 amide bonds. The van der Waals surface area contributed by atoms with Gasteiger partial charge in [0.05, 0.1) is 11.6 Å². The lowest BCUT2D eigenvalue weighted by Gasteiger charge is -2.35. The fourth-order valence-corrected chi connectivity index (χ4v) is 3.71. The Morgan fingerprint density at radius 1 is 1.22 bits per heavy atom. The number of benzene rings is 1. The second-order valence-corrected chi connectivity index (χ2v) is 6.31. The Morgan fingerprint density at radius 2 is 1.91 bits per heavy atom. The van der Waals surface area contributed by atoms with E-state index in [2.05, 4.69) is 10.2 Å². The second-order valence-electron chi connectivity index (χ2n) is 5.33. The van der Waals surface area contributed by atoms with Crippen LogP contribution in [0.25, 0.3) is 0 Å². The fraction of sp³-hybridized carbons (Fsp3) is 0.375. The Labute approximate surface area is 152 Å². The van der Waals surface area contributed by atoms with Gasteiger partial charge in [0.2, 0.25) is 0 Å². The largest absolute Gasteiger partial charge is 0.507 e. The molecule has 0 radical (unpaired) electrons. The van der Waals surface area contributed by atoms with Crippen LogP contribution in [0.4, 0.5) is 4.39 Å². The number of rotatable bonds is 3. The van der Waals surface area contributed by atoms with E-state index in [0.717, 1.165) is 31.1 Å². The first kappa shape index (κ1) is 20.2. The molecule has 1 aromatic heterocycles. The summed E-state index contributed by atoms with van der Waals surface area (Å²) in [5.74, 6) is -0.262. The molecule has 1 aliphatic heterocycles. The van der Waals surface area contributed by atoms with Crippen molar-refractivity contribution in [2.24, 2.45) is 0 Å². The van der Waals surface area contributed by atoms with Gasteiger partial charge in [-0.3, -0.25) is 4.90 Å². The van der Waals surface area contributed by atoms with Crippen LogP contribution in [-0.2, 0) is 0 Å². The molecule has 1 aromatic carbocycles. The number of aryl methyl sites for hydroxylation is 1. The van der Waals surface area contributed by atoms with Crippen molar-refractivity contribution < 1.29 is 9.50 Å². The zero-order valence-electron chi connectivity index (χ0n) is 12.8. The maximum atomic E-state index is 14.4. The molecule has 1 fully saturated rings. The summed E-state index contributed by atoms with van der Waals surface area (Å²) in [6, 6.07) is 6.84. The summed E-state index contributed by atoms with van der Waals surface area (Å²) in [4.78, 5) is 3.30. The van der Waals surface area contributed by atoms with Crippen molar-refractivity contribution >= 4 is 36.2 Å². The Balaban J connectivity index is 0.00000132. The van der Waals surface area contributed by atoms with Gasteiger partial charge in [-0.05, 0) is 30.0 Å². The standard InChI is InChI=1S/C16H19FN2OS.2ClH/c1-11-4-5-12(17)14(16(11)20)15(13-3-2-10-21-13)19-8-6-18-7-9-19;;/h2-5,10,15,18,20H,6-9H2,1H3;2*1H/t15-;;/m1../s1. The van der Waals surface area contributed by atoms with E-state index in [1.807, 2.05) is 24.4 Å². The molecular formula is C16H21Cl2FN2OS. The van der Waals surface area contributed by atoms with E-state index in [9.17, 15) is 9.50 Å². The molecule has 1 aliphatic rings. The molecule has 3 nitrogen and oxygen atoms in total. The maximum absolute atomic E-state index is 14.4. The van der Waals surface area contributed by atoms with E-state index in [4.69, 9.17) is 0 Å². The van der Waals surface area contributed by atoms with Crippen LogP contribution in [0.2, 0.25) is 0 Å². The lowest BCUT2D eigenvalue weighted by molar-refractivity contribution is 0.194. The van der Waals surface area contributed by atoms with E-state index in [-0.39, 0.29) is 42.4 Å². The van der Waals surface area contributed by atoms with E-state index >= 15 is 0 Å². The summed E-state index contributed by atoms with van der Waals surface area (Å²) >= 11 is 1.60. The third-order valence-electron chi connectivity index (χ3n) is 3.97. The first-order chi connectivity index (χ1) is 10.2. The molecule has 128 valence electrons. The number of nitrogens with zero attached hydrogens (tertiary/aromatic N) is 1. The van der Waals surface area contributed by atoms with Crippen molar-refractivity contribution in [3.8, 4) is 5.75 Å². The van der Waals surface area contributed by atoms with Crippen molar-refractivity contribution in [2.75, 3.05) is 26.2 Å². The number of thiophene rings is 1. The molecule has 0 saturated carbocycles. The molecule has 0 aliphatic carbocycles. The molecule has 3 rings (SSSR count). The molecule has 23 heavy (non-hydrogen) atoms. The van der Waals surface area contributed by atoms with Gasteiger partial charge in [-0.15, -0.1) is 36.2 Å². The summed E-state index contributed by atoms with van der Waals surface area (Å²) < 4.78 is 14.4. The van der Waals surface area contributed by atoms with E-state index in [1.165, 1.54) is 6.07 Å². The molecule has 2 heterocycles. The number of nitrogens with one attached hydrogen (secondary N) is 1. The Morgan fingerprint density at radius 3 is 2.52 bits per heavy atom. The first-order valence-electron chi connectivity index (χ1n) is 7.14. The number of piperazine rings is 1. The predicted molar refractivity (Wildman–Crippen MR) is 97.9 cm³/mol. The van der Waals surface area contributed by atoms with Crippen molar-refractivity contribution in [3.05, 3.63) is 51.5 Å². The zero-order valence-corrected chi connectivity index (χ0v) is 15.2. The average molecular weight is 379 g/mol. The average Bonchev–Trinajstić information content (AvgIpc) is 3.02. The number of phenols is 1. The van der Waals surface area contributed by atoms with Gasteiger partial charge in [-0.2, -0.15) is 0 Å². The highest BCUT2D eigenvalue weighted by Gasteiger charge is 2.30. The molecule has 1 saturated heterocycles. The quantitative estimate of drug-likeness (QED) is 0.853. The molecule has 2 aromatic rings. The zero-order chi connectivity index (χ0) is 14.8. The van der Waals surface area contributed by atoms with Gasteiger partial charge in [0.25, 0.3) is 0 Å². The second kappa shape index (κ2) is 8.85. The van der Waals surface area contributed by atoms with Crippen LogP contribution < -0.4 is 5.32 Å². The number of hydrogen-bond donors (Lipinski definition) is 2. The van der Waals surface area contributed by atoms with Gasteiger partial charge in [-0.25, -0.2) is 4.39 Å².